The second kappa shape index (κ2) is 4.61. The number of hydrogen-bond donors (Lipinski definition) is 1. The molecule has 0 spiro atoms. The summed E-state index contributed by atoms with van der Waals surface area (Å²) in [7, 11) is 1.67. The third-order valence-corrected chi connectivity index (χ3v) is 3.91. The molecule has 1 amide bonds. The molecule has 4 heteroatoms. The van der Waals surface area contributed by atoms with Gasteiger partial charge in [0.15, 0.2) is 0 Å². The fraction of sp³-hybridized carbons (Fsp3) is 0.500. The predicted octanol–water partition coefficient (Wildman–Crippen LogP) is 1.68. The zero-order valence-corrected chi connectivity index (χ0v) is 10.6. The average molecular weight is 246 g/mol. The molecule has 2 fully saturated rings. The zero-order chi connectivity index (χ0) is 12.5. The lowest BCUT2D eigenvalue weighted by Gasteiger charge is -2.38. The minimum atomic E-state index is -0.0288. The third-order valence-electron chi connectivity index (χ3n) is 3.91. The van der Waals surface area contributed by atoms with E-state index in [0.29, 0.717) is 12.6 Å². The summed E-state index contributed by atoms with van der Waals surface area (Å²) in [6.07, 6.45) is 3.45. The Hall–Kier alpha value is -1.55. The molecule has 1 N–H and O–H groups in total. The van der Waals surface area contributed by atoms with Crippen LogP contribution in [-0.4, -0.2) is 30.5 Å². The Morgan fingerprint density at radius 2 is 2.11 bits per heavy atom. The van der Waals surface area contributed by atoms with Gasteiger partial charge in [-0.25, -0.2) is 0 Å². The maximum Gasteiger partial charge on any atom is 0.238 e. The fourth-order valence-corrected chi connectivity index (χ4v) is 2.75. The van der Waals surface area contributed by atoms with Crippen molar-refractivity contribution in [2.24, 2.45) is 0 Å². The summed E-state index contributed by atoms with van der Waals surface area (Å²) in [5.74, 6) is 1.05. The minimum Gasteiger partial charge on any atom is -0.496 e. The minimum absolute atomic E-state index is 0.0288. The number of para-hydroxylation sites is 1. The number of benzene rings is 1. The summed E-state index contributed by atoms with van der Waals surface area (Å²) in [6.45, 7) is 0.430. The highest BCUT2D eigenvalue weighted by Crippen LogP contribution is 2.36. The Labute approximate surface area is 107 Å². The number of nitrogens with one attached hydrogen (secondary N) is 1. The number of amides is 1. The first-order chi connectivity index (χ1) is 8.81. The number of carbonyl (C=O) groups is 1. The van der Waals surface area contributed by atoms with E-state index in [1.807, 2.05) is 29.2 Å². The lowest BCUT2D eigenvalue weighted by Crippen LogP contribution is -2.43. The van der Waals surface area contributed by atoms with E-state index >= 15 is 0 Å². The molecule has 96 valence electrons. The van der Waals surface area contributed by atoms with Crippen molar-refractivity contribution < 1.29 is 9.53 Å². The first-order valence-electron chi connectivity index (χ1n) is 6.48. The highest BCUT2D eigenvalue weighted by molar-refractivity contribution is 5.81. The van der Waals surface area contributed by atoms with Crippen molar-refractivity contribution in [1.82, 2.24) is 10.2 Å². The van der Waals surface area contributed by atoms with Crippen LogP contribution in [0.5, 0.6) is 5.75 Å². The molecule has 0 bridgehead atoms. The molecule has 1 heterocycles. The molecule has 3 rings (SSSR count). The summed E-state index contributed by atoms with van der Waals surface area (Å²) >= 11 is 0. The maximum atomic E-state index is 12.0. The average Bonchev–Trinajstić information content (AvgIpc) is 2.70. The van der Waals surface area contributed by atoms with Crippen LogP contribution >= 0.6 is 0 Å². The molecule has 0 aromatic heterocycles. The van der Waals surface area contributed by atoms with Crippen molar-refractivity contribution in [3.63, 3.8) is 0 Å². The lowest BCUT2D eigenvalue weighted by molar-refractivity contribution is -0.132. The Balaban J connectivity index is 1.92. The second-order valence-corrected chi connectivity index (χ2v) is 4.91. The van der Waals surface area contributed by atoms with Crippen LogP contribution in [0.4, 0.5) is 0 Å². The maximum absolute atomic E-state index is 12.0. The molecule has 2 aliphatic rings. The van der Waals surface area contributed by atoms with Crippen LogP contribution in [0.25, 0.3) is 0 Å². The summed E-state index contributed by atoms with van der Waals surface area (Å²) in [5, 5.41) is 3.29. The Morgan fingerprint density at radius 1 is 1.33 bits per heavy atom. The summed E-state index contributed by atoms with van der Waals surface area (Å²) in [6, 6.07) is 8.32. The molecular formula is C14H18N2O2. The van der Waals surface area contributed by atoms with Gasteiger partial charge < -0.3 is 9.64 Å². The Kier molecular flexibility index (Phi) is 2.96. The monoisotopic (exact) mass is 246 g/mol. The van der Waals surface area contributed by atoms with Crippen LogP contribution in [-0.2, 0) is 4.79 Å². The normalized spacial score (nSPS) is 24.2. The van der Waals surface area contributed by atoms with E-state index in [1.54, 1.807) is 7.11 Å². The predicted molar refractivity (Wildman–Crippen MR) is 68.2 cm³/mol. The fourth-order valence-electron chi connectivity index (χ4n) is 2.75. The summed E-state index contributed by atoms with van der Waals surface area (Å²) < 4.78 is 5.39. The van der Waals surface area contributed by atoms with Gasteiger partial charge in [0, 0.05) is 11.6 Å². The van der Waals surface area contributed by atoms with Gasteiger partial charge in [0.25, 0.3) is 0 Å². The first-order valence-corrected chi connectivity index (χ1v) is 6.48. The summed E-state index contributed by atoms with van der Waals surface area (Å²) in [4.78, 5) is 14.0. The molecule has 1 aromatic rings. The molecule has 1 unspecified atom stereocenters. The van der Waals surface area contributed by atoms with Gasteiger partial charge in [-0.1, -0.05) is 18.2 Å². The van der Waals surface area contributed by atoms with Crippen molar-refractivity contribution in [2.75, 3.05) is 13.7 Å². The molecule has 1 saturated carbocycles. The van der Waals surface area contributed by atoms with Crippen molar-refractivity contribution in [3.05, 3.63) is 29.8 Å². The van der Waals surface area contributed by atoms with Gasteiger partial charge >= 0.3 is 0 Å². The van der Waals surface area contributed by atoms with E-state index in [9.17, 15) is 4.79 Å². The smallest absolute Gasteiger partial charge is 0.238 e. The van der Waals surface area contributed by atoms with Crippen LogP contribution in [0.15, 0.2) is 24.3 Å². The number of rotatable bonds is 3. The van der Waals surface area contributed by atoms with E-state index in [2.05, 4.69) is 5.32 Å². The summed E-state index contributed by atoms with van der Waals surface area (Å²) in [5.41, 5.74) is 1.05. The first kappa shape index (κ1) is 11.5. The van der Waals surface area contributed by atoms with E-state index in [0.717, 1.165) is 24.2 Å². The molecule has 1 aromatic carbocycles. The molecule has 1 aliphatic heterocycles. The Bertz CT molecular complexity index is 457. The molecule has 1 saturated heterocycles. The largest absolute Gasteiger partial charge is 0.496 e. The van der Waals surface area contributed by atoms with Gasteiger partial charge in [-0.05, 0) is 25.3 Å². The Morgan fingerprint density at radius 3 is 2.78 bits per heavy atom. The van der Waals surface area contributed by atoms with Gasteiger partial charge in [0.05, 0.1) is 13.7 Å². The number of carbonyl (C=O) groups excluding carboxylic acids is 1. The van der Waals surface area contributed by atoms with Crippen molar-refractivity contribution in [3.8, 4) is 5.75 Å². The van der Waals surface area contributed by atoms with Crippen molar-refractivity contribution >= 4 is 5.91 Å². The molecule has 1 aliphatic carbocycles. The van der Waals surface area contributed by atoms with Crippen LogP contribution in [0, 0.1) is 0 Å². The zero-order valence-electron chi connectivity index (χ0n) is 10.6. The van der Waals surface area contributed by atoms with Gasteiger partial charge in [-0.15, -0.1) is 0 Å². The van der Waals surface area contributed by atoms with E-state index in [1.165, 1.54) is 6.42 Å². The van der Waals surface area contributed by atoms with Gasteiger partial charge in [-0.2, -0.15) is 0 Å². The van der Waals surface area contributed by atoms with Crippen LogP contribution in [0.1, 0.15) is 31.0 Å². The molecular weight excluding hydrogens is 228 g/mol. The van der Waals surface area contributed by atoms with Crippen molar-refractivity contribution in [1.29, 1.82) is 0 Å². The number of ether oxygens (including phenoxy) is 1. The second-order valence-electron chi connectivity index (χ2n) is 4.91. The van der Waals surface area contributed by atoms with Crippen LogP contribution in [0.2, 0.25) is 0 Å². The third kappa shape index (κ3) is 1.77. The SMILES string of the molecule is COc1ccccc1C1NCC(=O)N1C1CCC1. The molecule has 4 nitrogen and oxygen atoms in total. The molecule has 1 atom stereocenters. The van der Waals surface area contributed by atoms with Gasteiger partial charge in [-0.3, -0.25) is 10.1 Å². The topological polar surface area (TPSA) is 41.6 Å². The van der Waals surface area contributed by atoms with Crippen LogP contribution < -0.4 is 10.1 Å². The lowest BCUT2D eigenvalue weighted by atomic mass is 9.90. The van der Waals surface area contributed by atoms with Gasteiger partial charge in [0.1, 0.15) is 11.9 Å². The quantitative estimate of drug-likeness (QED) is 0.882. The number of methoxy groups -OCH3 is 1. The van der Waals surface area contributed by atoms with E-state index in [-0.39, 0.29) is 12.1 Å². The van der Waals surface area contributed by atoms with Crippen LogP contribution in [0.3, 0.4) is 0 Å². The van der Waals surface area contributed by atoms with E-state index < -0.39 is 0 Å². The standard InChI is InChI=1S/C14H18N2O2/c1-18-12-8-3-2-7-11(12)14-15-9-13(17)16(14)10-5-4-6-10/h2-3,7-8,10,14-15H,4-6,9H2,1H3. The number of nitrogens with zero attached hydrogens (tertiary/aromatic N) is 1. The van der Waals surface area contributed by atoms with E-state index in [4.69, 9.17) is 4.74 Å². The van der Waals surface area contributed by atoms with Crippen molar-refractivity contribution in [2.45, 2.75) is 31.5 Å². The van der Waals surface area contributed by atoms with Gasteiger partial charge in [0.2, 0.25) is 5.91 Å². The molecule has 18 heavy (non-hydrogen) atoms. The number of hydrogen-bond acceptors (Lipinski definition) is 3. The molecule has 0 radical (unpaired) electrons. The highest BCUT2D eigenvalue weighted by Gasteiger charge is 2.39. The highest BCUT2D eigenvalue weighted by atomic mass is 16.5.